The number of piperazine rings is 1. The quantitative estimate of drug-likeness (QED) is 0.364. The molecule has 1 aliphatic rings. The number of sulfonamides is 1. The van der Waals surface area contributed by atoms with Crippen molar-refractivity contribution in [2.75, 3.05) is 39.8 Å². The molecule has 0 spiro atoms. The van der Waals surface area contributed by atoms with Gasteiger partial charge in [0, 0.05) is 36.2 Å². The first-order valence-corrected chi connectivity index (χ1v) is 13.0. The van der Waals surface area contributed by atoms with Crippen molar-refractivity contribution in [3.8, 4) is 5.75 Å². The third-order valence-electron chi connectivity index (χ3n) is 5.68. The molecule has 1 fully saturated rings. The predicted octanol–water partition coefficient (Wildman–Crippen LogP) is 3.07. The summed E-state index contributed by atoms with van der Waals surface area (Å²) < 4.78 is 33.4. The molecule has 1 heterocycles. The van der Waals surface area contributed by atoms with Crippen molar-refractivity contribution in [3.05, 3.63) is 70.7 Å². The summed E-state index contributed by atoms with van der Waals surface area (Å²) in [6.45, 7) is 1.70. The van der Waals surface area contributed by atoms with Crippen LogP contribution in [0.4, 0.5) is 0 Å². The molecule has 0 saturated carbocycles. The lowest BCUT2D eigenvalue weighted by Crippen LogP contribution is -2.50. The standard InChI is InChI=1S/C24H25BrN4O4S/c1-33-23-11-6-18-4-2-3-5-21(18)22(23)16-26-27-24(30)17-28-12-14-29(15-13-28)34(31,32)20-9-7-19(25)8-10-20/h2-11,16H,12-15,17H2,1H3,(H,27,30)/b26-16-. The average molecular weight is 545 g/mol. The summed E-state index contributed by atoms with van der Waals surface area (Å²) in [5.41, 5.74) is 3.35. The van der Waals surface area contributed by atoms with Gasteiger partial charge in [-0.15, -0.1) is 0 Å². The third kappa shape index (κ3) is 5.47. The minimum absolute atomic E-state index is 0.135. The number of halogens is 1. The molecule has 3 aromatic rings. The predicted molar refractivity (Wildman–Crippen MR) is 136 cm³/mol. The lowest BCUT2D eigenvalue weighted by atomic mass is 10.0. The maximum Gasteiger partial charge on any atom is 0.254 e. The molecular weight excluding hydrogens is 520 g/mol. The number of nitrogens with one attached hydrogen (secondary N) is 1. The van der Waals surface area contributed by atoms with Crippen LogP contribution in [-0.4, -0.2) is 69.6 Å². The number of hydrogen-bond donors (Lipinski definition) is 1. The van der Waals surface area contributed by atoms with Crippen LogP contribution in [-0.2, 0) is 14.8 Å². The van der Waals surface area contributed by atoms with Gasteiger partial charge in [0.2, 0.25) is 10.0 Å². The molecule has 1 aliphatic heterocycles. The molecule has 0 unspecified atom stereocenters. The maximum absolute atomic E-state index is 12.8. The monoisotopic (exact) mass is 544 g/mol. The zero-order valence-electron chi connectivity index (χ0n) is 18.6. The van der Waals surface area contributed by atoms with Crippen LogP contribution in [0.25, 0.3) is 10.8 Å². The van der Waals surface area contributed by atoms with Crippen molar-refractivity contribution in [2.45, 2.75) is 4.90 Å². The second-order valence-electron chi connectivity index (χ2n) is 7.83. The van der Waals surface area contributed by atoms with Crippen LogP contribution in [0.1, 0.15) is 5.56 Å². The van der Waals surface area contributed by atoms with Crippen molar-refractivity contribution in [3.63, 3.8) is 0 Å². The highest BCUT2D eigenvalue weighted by Gasteiger charge is 2.29. The number of carbonyl (C=O) groups is 1. The summed E-state index contributed by atoms with van der Waals surface area (Å²) in [6.07, 6.45) is 1.59. The minimum atomic E-state index is -3.55. The molecule has 178 valence electrons. The molecule has 8 nitrogen and oxygen atoms in total. The zero-order valence-corrected chi connectivity index (χ0v) is 21.0. The molecule has 1 amide bonds. The first-order chi connectivity index (χ1) is 16.4. The Morgan fingerprint density at radius 3 is 2.47 bits per heavy atom. The Kier molecular flexibility index (Phi) is 7.62. The molecule has 0 atom stereocenters. The number of benzene rings is 3. The largest absolute Gasteiger partial charge is 0.496 e. The number of rotatable bonds is 7. The number of hydrogen-bond acceptors (Lipinski definition) is 6. The van der Waals surface area contributed by atoms with Gasteiger partial charge in [-0.3, -0.25) is 9.69 Å². The van der Waals surface area contributed by atoms with Gasteiger partial charge in [-0.1, -0.05) is 46.3 Å². The Hall–Kier alpha value is -2.79. The van der Waals surface area contributed by atoms with Crippen molar-refractivity contribution in [1.29, 1.82) is 0 Å². The lowest BCUT2D eigenvalue weighted by molar-refractivity contribution is -0.122. The second kappa shape index (κ2) is 10.6. The molecular formula is C24H25BrN4O4S. The first kappa shape index (κ1) is 24.3. The second-order valence-corrected chi connectivity index (χ2v) is 10.7. The smallest absolute Gasteiger partial charge is 0.254 e. The summed E-state index contributed by atoms with van der Waals surface area (Å²) in [5.74, 6) is 0.402. The Balaban J connectivity index is 1.33. The number of fused-ring (bicyclic) bond motifs is 1. The first-order valence-electron chi connectivity index (χ1n) is 10.7. The molecule has 0 radical (unpaired) electrons. The van der Waals surface area contributed by atoms with E-state index in [4.69, 9.17) is 4.74 Å². The number of amides is 1. The fourth-order valence-corrected chi connectivity index (χ4v) is 5.56. The van der Waals surface area contributed by atoms with Gasteiger partial charge in [0.15, 0.2) is 0 Å². The Bertz CT molecular complexity index is 1300. The molecule has 4 rings (SSSR count). The summed E-state index contributed by atoms with van der Waals surface area (Å²) >= 11 is 3.32. The Labute approximate surface area is 207 Å². The average Bonchev–Trinajstić information content (AvgIpc) is 2.84. The third-order valence-corrected chi connectivity index (χ3v) is 8.12. The van der Waals surface area contributed by atoms with Gasteiger partial charge < -0.3 is 4.74 Å². The molecule has 34 heavy (non-hydrogen) atoms. The summed E-state index contributed by atoms with van der Waals surface area (Å²) in [4.78, 5) is 14.6. The van der Waals surface area contributed by atoms with Crippen molar-refractivity contribution in [2.24, 2.45) is 5.10 Å². The van der Waals surface area contributed by atoms with E-state index in [1.807, 2.05) is 41.3 Å². The van der Waals surface area contributed by atoms with E-state index in [0.717, 1.165) is 20.8 Å². The molecule has 10 heteroatoms. The van der Waals surface area contributed by atoms with Gasteiger partial charge >= 0.3 is 0 Å². The highest BCUT2D eigenvalue weighted by Crippen LogP contribution is 2.26. The van der Waals surface area contributed by atoms with E-state index in [-0.39, 0.29) is 17.3 Å². The lowest BCUT2D eigenvalue weighted by Gasteiger charge is -2.33. The topological polar surface area (TPSA) is 91.3 Å². The highest BCUT2D eigenvalue weighted by molar-refractivity contribution is 9.10. The van der Waals surface area contributed by atoms with E-state index < -0.39 is 10.0 Å². The fraction of sp³-hybridized carbons (Fsp3) is 0.250. The molecule has 3 aromatic carbocycles. The number of hydrazone groups is 1. The summed E-state index contributed by atoms with van der Waals surface area (Å²) in [6, 6.07) is 18.3. The molecule has 1 N–H and O–H groups in total. The van der Waals surface area contributed by atoms with Crippen molar-refractivity contribution in [1.82, 2.24) is 14.6 Å². The van der Waals surface area contributed by atoms with Crippen molar-refractivity contribution < 1.29 is 17.9 Å². The number of carbonyl (C=O) groups excluding carboxylic acids is 1. The van der Waals surface area contributed by atoms with E-state index in [0.29, 0.717) is 31.9 Å². The van der Waals surface area contributed by atoms with Gasteiger partial charge in [-0.05, 0) is 41.1 Å². The van der Waals surface area contributed by atoms with Gasteiger partial charge in [0.1, 0.15) is 5.75 Å². The SMILES string of the molecule is COc1ccc2ccccc2c1/C=N\NC(=O)CN1CCN(S(=O)(=O)c2ccc(Br)cc2)CC1. The highest BCUT2D eigenvalue weighted by atomic mass is 79.9. The van der Waals surface area contributed by atoms with E-state index in [2.05, 4.69) is 26.5 Å². The van der Waals surface area contributed by atoms with Crippen LogP contribution in [0, 0.1) is 0 Å². The van der Waals surface area contributed by atoms with Crippen LogP contribution in [0.3, 0.4) is 0 Å². The molecule has 0 aliphatic carbocycles. The molecule has 0 aromatic heterocycles. The van der Waals surface area contributed by atoms with Crippen LogP contribution in [0.5, 0.6) is 5.75 Å². The normalized spacial score (nSPS) is 15.6. The van der Waals surface area contributed by atoms with E-state index in [9.17, 15) is 13.2 Å². The van der Waals surface area contributed by atoms with E-state index >= 15 is 0 Å². The van der Waals surface area contributed by atoms with Crippen LogP contribution in [0.15, 0.2) is 75.1 Å². The van der Waals surface area contributed by atoms with Crippen LogP contribution >= 0.6 is 15.9 Å². The molecule has 1 saturated heterocycles. The Morgan fingerprint density at radius 1 is 1.06 bits per heavy atom. The number of ether oxygens (including phenoxy) is 1. The summed E-state index contributed by atoms with van der Waals surface area (Å²) in [7, 11) is -1.96. The van der Waals surface area contributed by atoms with Crippen LogP contribution < -0.4 is 10.2 Å². The number of methoxy groups -OCH3 is 1. The minimum Gasteiger partial charge on any atom is -0.496 e. The van der Waals surface area contributed by atoms with Gasteiger partial charge in [0.05, 0.1) is 24.8 Å². The number of nitrogens with zero attached hydrogens (tertiary/aromatic N) is 3. The van der Waals surface area contributed by atoms with Gasteiger partial charge in [0.25, 0.3) is 5.91 Å². The zero-order chi connectivity index (χ0) is 24.1. The Morgan fingerprint density at radius 2 is 1.76 bits per heavy atom. The van der Waals surface area contributed by atoms with Crippen molar-refractivity contribution >= 4 is 48.8 Å². The van der Waals surface area contributed by atoms with E-state index in [1.165, 1.54) is 4.31 Å². The molecule has 0 bridgehead atoms. The van der Waals surface area contributed by atoms with Gasteiger partial charge in [-0.25, -0.2) is 13.8 Å². The summed E-state index contributed by atoms with van der Waals surface area (Å²) in [5, 5.41) is 6.15. The van der Waals surface area contributed by atoms with Crippen LogP contribution in [0.2, 0.25) is 0 Å². The van der Waals surface area contributed by atoms with Gasteiger partial charge in [-0.2, -0.15) is 9.41 Å². The van der Waals surface area contributed by atoms with E-state index in [1.54, 1.807) is 37.6 Å². The maximum atomic E-state index is 12.8. The fourth-order valence-electron chi connectivity index (χ4n) is 3.88.